The first-order chi connectivity index (χ1) is 21.7. The summed E-state index contributed by atoms with van der Waals surface area (Å²) in [6, 6.07) is 18.5. The molecule has 2 aromatic carbocycles. The number of aliphatic carboxylic acids is 1. The molecular formula is C36H46N4O5. The lowest BCUT2D eigenvalue weighted by Crippen LogP contribution is -2.38. The highest BCUT2D eigenvalue weighted by Gasteiger charge is 2.21. The molecule has 1 aliphatic heterocycles. The molecule has 9 heteroatoms. The average Bonchev–Trinajstić information content (AvgIpc) is 3.02. The second-order valence-electron chi connectivity index (χ2n) is 11.8. The number of nitrogens with one attached hydrogen (secondary N) is 2. The molecule has 45 heavy (non-hydrogen) atoms. The Kier molecular flexibility index (Phi) is 12.1. The molecule has 1 atom stereocenters. The number of fused-ring (bicyclic) bond motifs is 1. The van der Waals surface area contributed by atoms with E-state index in [-0.39, 0.29) is 18.1 Å². The highest BCUT2D eigenvalue weighted by molar-refractivity contribution is 6.08. The van der Waals surface area contributed by atoms with Crippen molar-refractivity contribution in [2.75, 3.05) is 31.7 Å². The van der Waals surface area contributed by atoms with Crippen LogP contribution >= 0.6 is 0 Å². The Balaban J connectivity index is 1.45. The van der Waals surface area contributed by atoms with Crippen LogP contribution in [0.15, 0.2) is 66.1 Å². The average molecular weight is 615 g/mol. The van der Waals surface area contributed by atoms with Crippen LogP contribution in [0.3, 0.4) is 0 Å². The summed E-state index contributed by atoms with van der Waals surface area (Å²) in [7, 11) is 0. The van der Waals surface area contributed by atoms with E-state index in [1.165, 1.54) is 11.1 Å². The SMILES string of the molecule is CCO/C(Nc1cccc(-c2cccc(C)c2OCc2ccc3c(c2)CCN(C(C)CCOCC(C)C)C3)n1)=C(/C=N)C(=O)O. The molecule has 0 fully saturated rings. The van der Waals surface area contributed by atoms with E-state index in [1.807, 2.05) is 37.3 Å². The summed E-state index contributed by atoms with van der Waals surface area (Å²) in [5.41, 5.74) is 6.06. The summed E-state index contributed by atoms with van der Waals surface area (Å²) in [4.78, 5) is 18.9. The maximum absolute atomic E-state index is 11.6. The van der Waals surface area contributed by atoms with Crippen LogP contribution in [0.25, 0.3) is 11.3 Å². The van der Waals surface area contributed by atoms with Crippen molar-refractivity contribution in [3.63, 3.8) is 0 Å². The molecule has 9 nitrogen and oxygen atoms in total. The van der Waals surface area contributed by atoms with E-state index in [2.05, 4.69) is 49.2 Å². The van der Waals surface area contributed by atoms with Crippen LogP contribution in [0.4, 0.5) is 5.82 Å². The van der Waals surface area contributed by atoms with Crippen LogP contribution < -0.4 is 10.1 Å². The van der Waals surface area contributed by atoms with Crippen molar-refractivity contribution in [3.05, 3.63) is 88.3 Å². The fraction of sp³-hybridized carbons (Fsp3) is 0.417. The highest BCUT2D eigenvalue weighted by atomic mass is 16.5. The number of carboxylic acid groups (broad SMARTS) is 1. The van der Waals surface area contributed by atoms with Gasteiger partial charge in [-0.25, -0.2) is 9.78 Å². The number of anilines is 1. The van der Waals surface area contributed by atoms with Gasteiger partial charge < -0.3 is 30.0 Å². The third kappa shape index (κ3) is 9.15. The molecule has 0 aliphatic carbocycles. The molecule has 0 radical (unpaired) electrons. The molecule has 0 saturated heterocycles. The quantitative estimate of drug-likeness (QED) is 0.0695. The minimum Gasteiger partial charge on any atom is -0.488 e. The monoisotopic (exact) mass is 614 g/mol. The molecular weight excluding hydrogens is 568 g/mol. The fourth-order valence-electron chi connectivity index (χ4n) is 5.37. The number of rotatable bonds is 16. The van der Waals surface area contributed by atoms with Crippen LogP contribution in [-0.4, -0.2) is 59.6 Å². The van der Waals surface area contributed by atoms with Gasteiger partial charge in [-0.2, -0.15) is 0 Å². The molecule has 1 aromatic heterocycles. The zero-order chi connectivity index (χ0) is 32.3. The van der Waals surface area contributed by atoms with E-state index in [1.54, 1.807) is 13.0 Å². The molecule has 1 unspecified atom stereocenters. The van der Waals surface area contributed by atoms with Crippen molar-refractivity contribution in [1.29, 1.82) is 5.41 Å². The number of benzene rings is 2. The number of aryl methyl sites for hydroxylation is 1. The lowest BCUT2D eigenvalue weighted by molar-refractivity contribution is -0.132. The molecule has 0 saturated carbocycles. The summed E-state index contributed by atoms with van der Waals surface area (Å²) in [5.74, 6) is 0.402. The standard InChI is InChI=1S/C36H46N4O5/c1-6-44-35(31(20-37)36(41)42)39-33-12-8-11-32(38-33)30-10-7-9-25(4)34(30)45-23-27-13-14-29-21-40(17-15-28(29)19-27)26(5)16-18-43-22-24(2)3/h7-14,19-20,24,26,37H,6,15-18,21-23H2,1-5H3,(H,38,39)(H,41,42)/b35-31-,37-20?. The fourth-order valence-corrected chi connectivity index (χ4v) is 5.37. The Morgan fingerprint density at radius 1 is 1.13 bits per heavy atom. The molecule has 2 heterocycles. The van der Waals surface area contributed by atoms with Crippen molar-refractivity contribution in [1.82, 2.24) is 9.88 Å². The second kappa shape index (κ2) is 16.2. The Bertz CT molecular complexity index is 1500. The summed E-state index contributed by atoms with van der Waals surface area (Å²) < 4.78 is 17.8. The molecule has 3 N–H and O–H groups in total. The maximum Gasteiger partial charge on any atom is 0.342 e. The number of hydrogen-bond acceptors (Lipinski definition) is 8. The van der Waals surface area contributed by atoms with Gasteiger partial charge in [0.15, 0.2) is 0 Å². The molecule has 4 rings (SSSR count). The summed E-state index contributed by atoms with van der Waals surface area (Å²) in [6.45, 7) is 14.7. The molecule has 0 amide bonds. The number of hydrogen-bond donors (Lipinski definition) is 3. The number of pyridine rings is 1. The Hall–Kier alpha value is -4.21. The second-order valence-corrected chi connectivity index (χ2v) is 11.8. The van der Waals surface area contributed by atoms with Gasteiger partial charge in [0.1, 0.15) is 23.7 Å². The third-order valence-electron chi connectivity index (χ3n) is 7.84. The summed E-state index contributed by atoms with van der Waals surface area (Å²) in [6.07, 6.45) is 2.80. The number of nitrogens with zero attached hydrogens (tertiary/aromatic N) is 2. The number of ether oxygens (including phenoxy) is 3. The van der Waals surface area contributed by atoms with Crippen molar-refractivity contribution in [2.45, 2.75) is 66.7 Å². The van der Waals surface area contributed by atoms with Crippen LogP contribution in [0.2, 0.25) is 0 Å². The van der Waals surface area contributed by atoms with Crippen molar-refractivity contribution in [2.24, 2.45) is 5.92 Å². The van der Waals surface area contributed by atoms with Crippen molar-refractivity contribution in [3.8, 4) is 17.0 Å². The summed E-state index contributed by atoms with van der Waals surface area (Å²) in [5, 5.41) is 19.9. The van der Waals surface area contributed by atoms with Gasteiger partial charge in [-0.1, -0.05) is 50.2 Å². The van der Waals surface area contributed by atoms with Crippen LogP contribution in [0.1, 0.15) is 56.4 Å². The first-order valence-electron chi connectivity index (χ1n) is 15.7. The first kappa shape index (κ1) is 33.7. The van der Waals surface area contributed by atoms with Crippen LogP contribution in [-0.2, 0) is 33.8 Å². The molecule has 240 valence electrons. The topological polar surface area (TPSA) is 117 Å². The van der Waals surface area contributed by atoms with E-state index in [4.69, 9.17) is 24.6 Å². The first-order valence-corrected chi connectivity index (χ1v) is 15.7. The highest BCUT2D eigenvalue weighted by Crippen LogP contribution is 2.34. The van der Waals surface area contributed by atoms with Gasteiger partial charge in [-0.3, -0.25) is 4.90 Å². The van der Waals surface area contributed by atoms with Gasteiger partial charge in [0.05, 0.1) is 12.3 Å². The zero-order valence-electron chi connectivity index (χ0n) is 27.1. The van der Waals surface area contributed by atoms with Gasteiger partial charge in [0, 0.05) is 44.1 Å². The predicted molar refractivity (Wildman–Crippen MR) is 178 cm³/mol. The predicted octanol–water partition coefficient (Wildman–Crippen LogP) is 6.84. The lowest BCUT2D eigenvalue weighted by atomic mass is 9.96. The Morgan fingerprint density at radius 3 is 2.67 bits per heavy atom. The minimum atomic E-state index is -1.26. The summed E-state index contributed by atoms with van der Waals surface area (Å²) >= 11 is 0. The Labute approximate surface area is 266 Å². The van der Waals surface area contributed by atoms with E-state index in [9.17, 15) is 9.90 Å². The molecule has 1 aliphatic rings. The van der Waals surface area contributed by atoms with Gasteiger partial charge >= 0.3 is 5.97 Å². The van der Waals surface area contributed by atoms with Gasteiger partial charge in [-0.05, 0) is 80.0 Å². The van der Waals surface area contributed by atoms with Crippen molar-refractivity contribution < 1.29 is 24.1 Å². The maximum atomic E-state index is 11.6. The number of para-hydroxylation sites is 1. The molecule has 0 bridgehead atoms. The largest absolute Gasteiger partial charge is 0.488 e. The van der Waals surface area contributed by atoms with Crippen LogP contribution in [0.5, 0.6) is 5.75 Å². The van der Waals surface area contributed by atoms with E-state index in [0.717, 1.165) is 67.8 Å². The number of carbonyl (C=O) groups is 1. The van der Waals surface area contributed by atoms with Crippen LogP contribution in [0, 0.1) is 18.3 Å². The smallest absolute Gasteiger partial charge is 0.342 e. The number of aromatic nitrogens is 1. The lowest BCUT2D eigenvalue weighted by Gasteiger charge is -2.34. The molecule has 3 aromatic rings. The van der Waals surface area contributed by atoms with Gasteiger partial charge in [0.2, 0.25) is 5.88 Å². The Morgan fingerprint density at radius 2 is 1.93 bits per heavy atom. The van der Waals surface area contributed by atoms with E-state index >= 15 is 0 Å². The van der Waals surface area contributed by atoms with E-state index in [0.29, 0.717) is 30.1 Å². The van der Waals surface area contributed by atoms with Gasteiger partial charge in [0.25, 0.3) is 0 Å². The van der Waals surface area contributed by atoms with E-state index < -0.39 is 5.97 Å². The normalized spacial score (nSPS) is 14.4. The number of carboxylic acids is 1. The third-order valence-corrected chi connectivity index (χ3v) is 7.84. The van der Waals surface area contributed by atoms with Crippen molar-refractivity contribution >= 4 is 18.0 Å². The minimum absolute atomic E-state index is 0.0361. The van der Waals surface area contributed by atoms with Gasteiger partial charge in [-0.15, -0.1) is 0 Å². The molecule has 0 spiro atoms. The zero-order valence-corrected chi connectivity index (χ0v) is 27.1.